The van der Waals surface area contributed by atoms with Gasteiger partial charge in [-0.05, 0) is 12.8 Å². The van der Waals surface area contributed by atoms with Gasteiger partial charge in [0.05, 0.1) is 12.5 Å². The van der Waals surface area contributed by atoms with Crippen molar-refractivity contribution in [2.24, 2.45) is 0 Å². The average Bonchev–Trinajstić information content (AvgIpc) is 2.98. The van der Waals surface area contributed by atoms with Crippen LogP contribution in [0.3, 0.4) is 0 Å². The van der Waals surface area contributed by atoms with Gasteiger partial charge in [0, 0.05) is 17.9 Å². The Morgan fingerprint density at radius 2 is 2.35 bits per heavy atom. The van der Waals surface area contributed by atoms with E-state index in [2.05, 4.69) is 10.1 Å². The molecule has 2 unspecified atom stereocenters. The normalized spacial score (nSPS) is 29.8. The molecule has 1 aliphatic heterocycles. The molecule has 1 saturated heterocycles. The number of Topliss-reactive ketones (excluding diaryl/α,β-unsaturated/α-hetero) is 1. The van der Waals surface area contributed by atoms with Crippen LogP contribution in [0, 0.1) is 0 Å². The molecule has 2 aliphatic rings. The lowest BCUT2D eigenvalue weighted by Crippen LogP contribution is -2.17. The summed E-state index contributed by atoms with van der Waals surface area (Å²) in [6.45, 7) is 0.724. The Morgan fingerprint density at radius 3 is 3.06 bits per heavy atom. The van der Waals surface area contributed by atoms with E-state index in [1.54, 1.807) is 0 Å². The van der Waals surface area contributed by atoms with Crippen LogP contribution in [-0.2, 0) is 9.53 Å². The van der Waals surface area contributed by atoms with Crippen LogP contribution < -0.4 is 0 Å². The summed E-state index contributed by atoms with van der Waals surface area (Å²) in [5.74, 6) is 2.99. The summed E-state index contributed by atoms with van der Waals surface area (Å²) in [6.07, 6.45) is 2.32. The van der Waals surface area contributed by atoms with Gasteiger partial charge < -0.3 is 9.26 Å². The van der Waals surface area contributed by atoms with Crippen molar-refractivity contribution >= 4 is 17.5 Å². The summed E-state index contributed by atoms with van der Waals surface area (Å²) in [5.41, 5.74) is 0. The molecule has 0 aromatic carbocycles. The standard InChI is InChI=1S/C11H14N2O3S/c14-8-3-1-2-7(8)11-12-10(13-16-11)9-6-17-5-4-15-9/h7,9H,1-6H2. The third-order valence-corrected chi connectivity index (χ3v) is 4.16. The van der Waals surface area contributed by atoms with Gasteiger partial charge in [0.1, 0.15) is 11.9 Å². The van der Waals surface area contributed by atoms with Crippen LogP contribution in [0.2, 0.25) is 0 Å². The average molecular weight is 254 g/mol. The highest BCUT2D eigenvalue weighted by Gasteiger charge is 2.32. The molecular formula is C11H14N2O3S. The van der Waals surface area contributed by atoms with E-state index < -0.39 is 0 Å². The van der Waals surface area contributed by atoms with E-state index >= 15 is 0 Å². The number of hydrogen-bond donors (Lipinski definition) is 0. The Hall–Kier alpha value is -0.880. The molecule has 3 rings (SSSR count). The molecule has 0 radical (unpaired) electrons. The molecule has 92 valence electrons. The predicted octanol–water partition coefficient (Wildman–Crippen LogP) is 1.71. The summed E-state index contributed by atoms with van der Waals surface area (Å²) in [7, 11) is 0. The lowest BCUT2D eigenvalue weighted by atomic mass is 10.1. The highest BCUT2D eigenvalue weighted by atomic mass is 32.2. The van der Waals surface area contributed by atoms with Gasteiger partial charge in [-0.1, -0.05) is 5.16 Å². The Bertz CT molecular complexity index is 415. The maximum atomic E-state index is 11.6. The molecule has 1 aromatic heterocycles. The van der Waals surface area contributed by atoms with Gasteiger partial charge in [-0.15, -0.1) is 0 Å². The van der Waals surface area contributed by atoms with Gasteiger partial charge in [0.15, 0.2) is 0 Å². The van der Waals surface area contributed by atoms with E-state index in [0.29, 0.717) is 18.1 Å². The highest BCUT2D eigenvalue weighted by Crippen LogP contribution is 2.31. The first-order chi connectivity index (χ1) is 8.34. The summed E-state index contributed by atoms with van der Waals surface area (Å²) < 4.78 is 10.8. The number of ether oxygens (including phenoxy) is 1. The molecule has 17 heavy (non-hydrogen) atoms. The largest absolute Gasteiger partial charge is 0.368 e. The topological polar surface area (TPSA) is 65.2 Å². The van der Waals surface area contributed by atoms with Crippen molar-refractivity contribution in [3.8, 4) is 0 Å². The van der Waals surface area contributed by atoms with E-state index in [4.69, 9.17) is 9.26 Å². The summed E-state index contributed by atoms with van der Waals surface area (Å²) in [4.78, 5) is 15.9. The van der Waals surface area contributed by atoms with Gasteiger partial charge in [-0.2, -0.15) is 16.7 Å². The van der Waals surface area contributed by atoms with Crippen LogP contribution in [0.1, 0.15) is 43.0 Å². The Morgan fingerprint density at radius 1 is 1.41 bits per heavy atom. The van der Waals surface area contributed by atoms with Gasteiger partial charge in [0.2, 0.25) is 11.7 Å². The summed E-state index contributed by atoms with van der Waals surface area (Å²) in [5, 5.41) is 3.94. The number of aromatic nitrogens is 2. The molecule has 6 heteroatoms. The quantitative estimate of drug-likeness (QED) is 0.800. The first-order valence-corrected chi connectivity index (χ1v) is 7.05. The second-order valence-corrected chi connectivity index (χ2v) is 5.49. The molecular weight excluding hydrogens is 240 g/mol. The fourth-order valence-electron chi connectivity index (χ4n) is 2.23. The highest BCUT2D eigenvalue weighted by molar-refractivity contribution is 7.99. The fourth-order valence-corrected chi connectivity index (χ4v) is 3.07. The van der Waals surface area contributed by atoms with Crippen LogP contribution >= 0.6 is 11.8 Å². The molecule has 0 N–H and O–H groups in total. The zero-order valence-electron chi connectivity index (χ0n) is 9.42. The first kappa shape index (κ1) is 11.2. The zero-order valence-corrected chi connectivity index (χ0v) is 10.2. The second-order valence-electron chi connectivity index (χ2n) is 4.34. The van der Waals surface area contributed by atoms with Crippen molar-refractivity contribution in [2.45, 2.75) is 31.3 Å². The number of hydrogen-bond acceptors (Lipinski definition) is 6. The van der Waals surface area contributed by atoms with Crippen LogP contribution in [0.15, 0.2) is 4.52 Å². The van der Waals surface area contributed by atoms with E-state index in [-0.39, 0.29) is 17.8 Å². The number of rotatable bonds is 2. The molecule has 2 heterocycles. The monoisotopic (exact) mass is 254 g/mol. The predicted molar refractivity (Wildman–Crippen MR) is 61.9 cm³/mol. The maximum absolute atomic E-state index is 11.6. The summed E-state index contributed by atoms with van der Waals surface area (Å²) in [6, 6.07) is 0. The van der Waals surface area contributed by atoms with Gasteiger partial charge in [0.25, 0.3) is 0 Å². The lowest BCUT2D eigenvalue weighted by molar-refractivity contribution is -0.119. The molecule has 0 spiro atoms. The third-order valence-electron chi connectivity index (χ3n) is 3.16. The second kappa shape index (κ2) is 4.78. The van der Waals surface area contributed by atoms with E-state index in [0.717, 1.165) is 31.0 Å². The molecule has 5 nitrogen and oxygen atoms in total. The SMILES string of the molecule is O=C1CCCC1c1nc(C2CSCCO2)no1. The minimum Gasteiger partial charge on any atom is -0.368 e. The Labute approximate surface area is 103 Å². The van der Waals surface area contributed by atoms with Crippen molar-refractivity contribution in [1.29, 1.82) is 0 Å². The zero-order chi connectivity index (χ0) is 11.7. The molecule has 1 aromatic rings. The number of carbonyl (C=O) groups excluding carboxylic acids is 1. The molecule has 0 amide bonds. The van der Waals surface area contributed by atoms with E-state index in [1.165, 1.54) is 0 Å². The van der Waals surface area contributed by atoms with Gasteiger partial charge >= 0.3 is 0 Å². The van der Waals surface area contributed by atoms with Crippen molar-refractivity contribution in [2.75, 3.05) is 18.1 Å². The lowest BCUT2D eigenvalue weighted by Gasteiger charge is -2.18. The number of ketones is 1. The van der Waals surface area contributed by atoms with Gasteiger partial charge in [-0.3, -0.25) is 4.79 Å². The van der Waals surface area contributed by atoms with Crippen molar-refractivity contribution < 1.29 is 14.1 Å². The smallest absolute Gasteiger partial charge is 0.237 e. The minimum absolute atomic E-state index is 0.0808. The Balaban J connectivity index is 1.75. The van der Waals surface area contributed by atoms with Crippen molar-refractivity contribution in [3.63, 3.8) is 0 Å². The minimum atomic E-state index is -0.174. The molecule has 1 saturated carbocycles. The Kier molecular flexibility index (Phi) is 3.15. The molecule has 2 atom stereocenters. The summed E-state index contributed by atoms with van der Waals surface area (Å²) >= 11 is 1.83. The van der Waals surface area contributed by atoms with Crippen LogP contribution in [0.25, 0.3) is 0 Å². The number of carbonyl (C=O) groups is 1. The molecule has 0 bridgehead atoms. The third kappa shape index (κ3) is 2.24. The molecule has 1 aliphatic carbocycles. The van der Waals surface area contributed by atoms with Gasteiger partial charge in [-0.25, -0.2) is 0 Å². The van der Waals surface area contributed by atoms with Crippen molar-refractivity contribution in [3.05, 3.63) is 11.7 Å². The fraction of sp³-hybridized carbons (Fsp3) is 0.727. The number of nitrogens with zero attached hydrogens (tertiary/aromatic N) is 2. The van der Waals surface area contributed by atoms with E-state index in [9.17, 15) is 4.79 Å². The maximum Gasteiger partial charge on any atom is 0.237 e. The molecule has 2 fully saturated rings. The van der Waals surface area contributed by atoms with Crippen molar-refractivity contribution in [1.82, 2.24) is 10.1 Å². The van der Waals surface area contributed by atoms with Crippen LogP contribution in [0.4, 0.5) is 0 Å². The van der Waals surface area contributed by atoms with Crippen LogP contribution in [0.5, 0.6) is 0 Å². The van der Waals surface area contributed by atoms with E-state index in [1.807, 2.05) is 11.8 Å². The first-order valence-electron chi connectivity index (χ1n) is 5.90. The number of thioether (sulfide) groups is 1. The van der Waals surface area contributed by atoms with Crippen LogP contribution in [-0.4, -0.2) is 34.0 Å².